The van der Waals surface area contributed by atoms with E-state index < -0.39 is 0 Å². The SMILES string of the molecule is COc1ccc(C2CC2)c(CNc2ccc(-c3cnccn3)cn2)c1. The predicted octanol–water partition coefficient (Wildman–Crippen LogP) is 4.04. The van der Waals surface area contributed by atoms with Gasteiger partial charge in [-0.15, -0.1) is 0 Å². The molecule has 126 valence electrons. The van der Waals surface area contributed by atoms with Crippen LogP contribution in [0.25, 0.3) is 11.3 Å². The summed E-state index contributed by atoms with van der Waals surface area (Å²) in [7, 11) is 1.70. The highest BCUT2D eigenvalue weighted by Gasteiger charge is 2.26. The summed E-state index contributed by atoms with van der Waals surface area (Å²) in [4.78, 5) is 12.9. The summed E-state index contributed by atoms with van der Waals surface area (Å²) in [6, 6.07) is 10.3. The zero-order valence-electron chi connectivity index (χ0n) is 14.1. The van der Waals surface area contributed by atoms with E-state index in [-0.39, 0.29) is 0 Å². The van der Waals surface area contributed by atoms with Crippen LogP contribution >= 0.6 is 0 Å². The van der Waals surface area contributed by atoms with Crippen molar-refractivity contribution in [3.8, 4) is 17.0 Å². The van der Waals surface area contributed by atoms with Crippen molar-refractivity contribution >= 4 is 5.82 Å². The molecule has 1 fully saturated rings. The number of aromatic nitrogens is 3. The van der Waals surface area contributed by atoms with Gasteiger partial charge in [0.2, 0.25) is 0 Å². The fourth-order valence-corrected chi connectivity index (χ4v) is 2.94. The lowest BCUT2D eigenvalue weighted by Gasteiger charge is -2.12. The van der Waals surface area contributed by atoms with Gasteiger partial charge in [-0.25, -0.2) is 4.98 Å². The maximum atomic E-state index is 5.37. The molecule has 0 radical (unpaired) electrons. The maximum absolute atomic E-state index is 5.37. The number of rotatable bonds is 6. The van der Waals surface area contributed by atoms with Gasteiger partial charge in [0.1, 0.15) is 11.6 Å². The first-order valence-electron chi connectivity index (χ1n) is 8.46. The number of nitrogens with zero attached hydrogens (tertiary/aromatic N) is 3. The van der Waals surface area contributed by atoms with Crippen LogP contribution in [-0.4, -0.2) is 22.1 Å². The van der Waals surface area contributed by atoms with E-state index in [1.54, 1.807) is 25.7 Å². The first-order chi connectivity index (χ1) is 12.3. The summed E-state index contributed by atoms with van der Waals surface area (Å²) in [5, 5.41) is 3.41. The topological polar surface area (TPSA) is 59.9 Å². The first-order valence-corrected chi connectivity index (χ1v) is 8.46. The van der Waals surface area contributed by atoms with Crippen molar-refractivity contribution in [2.45, 2.75) is 25.3 Å². The van der Waals surface area contributed by atoms with Crippen molar-refractivity contribution in [2.75, 3.05) is 12.4 Å². The van der Waals surface area contributed by atoms with Crippen LogP contribution in [0.3, 0.4) is 0 Å². The molecule has 5 nitrogen and oxygen atoms in total. The molecular weight excluding hydrogens is 312 g/mol. The van der Waals surface area contributed by atoms with E-state index in [1.807, 2.05) is 24.4 Å². The van der Waals surface area contributed by atoms with Crippen molar-refractivity contribution in [1.82, 2.24) is 15.0 Å². The number of nitrogens with one attached hydrogen (secondary N) is 1. The molecule has 25 heavy (non-hydrogen) atoms. The van der Waals surface area contributed by atoms with Gasteiger partial charge in [-0.05, 0) is 54.2 Å². The molecule has 0 aliphatic heterocycles. The van der Waals surface area contributed by atoms with Crippen molar-refractivity contribution in [3.05, 3.63) is 66.2 Å². The average molecular weight is 332 g/mol. The highest BCUT2D eigenvalue weighted by atomic mass is 16.5. The Morgan fingerprint density at radius 1 is 1.08 bits per heavy atom. The van der Waals surface area contributed by atoms with Gasteiger partial charge in [-0.1, -0.05) is 6.07 Å². The maximum Gasteiger partial charge on any atom is 0.126 e. The second kappa shape index (κ2) is 6.89. The van der Waals surface area contributed by atoms with Crippen LogP contribution in [-0.2, 0) is 6.54 Å². The van der Waals surface area contributed by atoms with E-state index in [9.17, 15) is 0 Å². The van der Waals surface area contributed by atoms with Gasteiger partial charge < -0.3 is 10.1 Å². The lowest BCUT2D eigenvalue weighted by Crippen LogP contribution is -2.04. The Bertz CT molecular complexity index is 845. The van der Waals surface area contributed by atoms with E-state index in [2.05, 4.69) is 32.4 Å². The number of hydrogen-bond donors (Lipinski definition) is 1. The molecule has 0 unspecified atom stereocenters. The fourth-order valence-electron chi connectivity index (χ4n) is 2.94. The molecule has 2 heterocycles. The Morgan fingerprint density at radius 2 is 2.00 bits per heavy atom. The molecule has 0 amide bonds. The number of anilines is 1. The predicted molar refractivity (Wildman–Crippen MR) is 97.6 cm³/mol. The number of hydrogen-bond acceptors (Lipinski definition) is 5. The lowest BCUT2D eigenvalue weighted by molar-refractivity contribution is 0.414. The second-order valence-corrected chi connectivity index (χ2v) is 6.22. The largest absolute Gasteiger partial charge is 0.497 e. The molecule has 0 bridgehead atoms. The molecular formula is C20H20N4O. The summed E-state index contributed by atoms with van der Waals surface area (Å²) in [5.74, 6) is 2.44. The normalized spacial score (nSPS) is 13.5. The molecule has 0 saturated heterocycles. The molecule has 4 rings (SSSR count). The van der Waals surface area contributed by atoms with Crippen LogP contribution in [0.5, 0.6) is 5.75 Å². The van der Waals surface area contributed by atoms with Crippen molar-refractivity contribution in [2.24, 2.45) is 0 Å². The highest BCUT2D eigenvalue weighted by molar-refractivity contribution is 5.58. The van der Waals surface area contributed by atoms with E-state index in [1.165, 1.54) is 24.0 Å². The Labute approximate surface area is 147 Å². The number of pyridine rings is 1. The minimum atomic E-state index is 0.703. The number of methoxy groups -OCH3 is 1. The zero-order valence-corrected chi connectivity index (χ0v) is 14.1. The third kappa shape index (κ3) is 3.60. The molecule has 0 spiro atoms. The van der Waals surface area contributed by atoms with E-state index >= 15 is 0 Å². The summed E-state index contributed by atoms with van der Waals surface area (Å²) in [6.07, 6.45) is 9.47. The molecule has 2 aromatic heterocycles. The summed E-state index contributed by atoms with van der Waals surface area (Å²) in [6.45, 7) is 0.737. The van der Waals surface area contributed by atoms with Crippen molar-refractivity contribution in [3.63, 3.8) is 0 Å². The molecule has 3 aromatic rings. The van der Waals surface area contributed by atoms with Crippen LogP contribution in [0, 0.1) is 0 Å². The van der Waals surface area contributed by atoms with Gasteiger partial charge in [0.25, 0.3) is 0 Å². The Morgan fingerprint density at radius 3 is 2.68 bits per heavy atom. The number of ether oxygens (including phenoxy) is 1. The Hall–Kier alpha value is -2.95. The van der Waals surface area contributed by atoms with E-state index in [0.29, 0.717) is 5.92 Å². The average Bonchev–Trinajstić information content (AvgIpc) is 3.52. The van der Waals surface area contributed by atoms with Crippen LogP contribution in [0.4, 0.5) is 5.82 Å². The van der Waals surface area contributed by atoms with Crippen molar-refractivity contribution in [1.29, 1.82) is 0 Å². The lowest BCUT2D eigenvalue weighted by atomic mass is 10.0. The molecule has 1 N–H and O–H groups in total. The van der Waals surface area contributed by atoms with Crippen LogP contribution in [0.1, 0.15) is 29.9 Å². The molecule has 1 aromatic carbocycles. The minimum absolute atomic E-state index is 0.703. The van der Waals surface area contributed by atoms with Gasteiger partial charge in [0, 0.05) is 30.7 Å². The molecule has 0 atom stereocenters. The summed E-state index contributed by atoms with van der Waals surface area (Å²) >= 11 is 0. The van der Waals surface area contributed by atoms with E-state index in [4.69, 9.17) is 4.74 Å². The Balaban J connectivity index is 1.48. The van der Waals surface area contributed by atoms with E-state index in [0.717, 1.165) is 29.4 Å². The fraction of sp³-hybridized carbons (Fsp3) is 0.250. The van der Waals surface area contributed by atoms with Gasteiger partial charge in [-0.3, -0.25) is 9.97 Å². The Kier molecular flexibility index (Phi) is 4.29. The second-order valence-electron chi connectivity index (χ2n) is 6.22. The van der Waals surface area contributed by atoms with Crippen LogP contribution in [0.15, 0.2) is 55.1 Å². The summed E-state index contributed by atoms with van der Waals surface area (Å²) in [5.41, 5.74) is 4.48. The monoisotopic (exact) mass is 332 g/mol. The van der Waals surface area contributed by atoms with Gasteiger partial charge in [0.15, 0.2) is 0 Å². The van der Waals surface area contributed by atoms with Gasteiger partial charge in [-0.2, -0.15) is 0 Å². The molecule has 1 aliphatic rings. The third-order valence-corrected chi connectivity index (χ3v) is 4.45. The standard InChI is InChI=1S/C20H20N4O/c1-25-17-5-6-18(14-2-3-14)16(10-17)12-24-20-7-4-15(11-23-20)19-13-21-8-9-22-19/h4-11,13-14H,2-3,12H2,1H3,(H,23,24). The van der Waals surface area contributed by atoms with Gasteiger partial charge >= 0.3 is 0 Å². The molecule has 1 aliphatic carbocycles. The smallest absolute Gasteiger partial charge is 0.126 e. The van der Waals surface area contributed by atoms with Crippen LogP contribution in [0.2, 0.25) is 0 Å². The molecule has 5 heteroatoms. The quantitative estimate of drug-likeness (QED) is 0.738. The third-order valence-electron chi connectivity index (χ3n) is 4.45. The zero-order chi connectivity index (χ0) is 17.1. The minimum Gasteiger partial charge on any atom is -0.497 e. The summed E-state index contributed by atoms with van der Waals surface area (Å²) < 4.78 is 5.37. The van der Waals surface area contributed by atoms with Crippen LogP contribution < -0.4 is 10.1 Å². The number of benzene rings is 1. The highest BCUT2D eigenvalue weighted by Crippen LogP contribution is 2.42. The van der Waals surface area contributed by atoms with Crippen molar-refractivity contribution < 1.29 is 4.74 Å². The first kappa shape index (κ1) is 15.6. The van der Waals surface area contributed by atoms with Gasteiger partial charge in [0.05, 0.1) is 19.0 Å². The molecule has 1 saturated carbocycles.